The first kappa shape index (κ1) is 23.9. The number of anilines is 1. The summed E-state index contributed by atoms with van der Waals surface area (Å²) in [5.41, 5.74) is 2.58. The van der Waals surface area contributed by atoms with E-state index in [4.69, 9.17) is 9.47 Å². The van der Waals surface area contributed by atoms with E-state index in [0.29, 0.717) is 39.7 Å². The number of hydrogen-bond donors (Lipinski definition) is 1. The Labute approximate surface area is 222 Å². The van der Waals surface area contributed by atoms with Gasteiger partial charge in [-0.1, -0.05) is 54.6 Å². The summed E-state index contributed by atoms with van der Waals surface area (Å²) in [6.07, 6.45) is -0.609. The minimum absolute atomic E-state index is 0.195. The number of para-hydroxylation sites is 3. The second-order valence-corrected chi connectivity index (χ2v) is 8.80. The minimum Gasteiger partial charge on any atom is -0.496 e. The van der Waals surface area contributed by atoms with Gasteiger partial charge in [-0.05, 0) is 54.1 Å². The zero-order valence-corrected chi connectivity index (χ0v) is 20.9. The molecule has 0 bridgehead atoms. The number of benzene rings is 4. The van der Waals surface area contributed by atoms with Gasteiger partial charge < -0.3 is 9.47 Å². The maximum absolute atomic E-state index is 13.6. The molecule has 0 fully saturated rings. The second kappa shape index (κ2) is 10.1. The third kappa shape index (κ3) is 4.57. The third-order valence-corrected chi connectivity index (χ3v) is 6.32. The number of amides is 1. The molecule has 192 valence electrons. The van der Waals surface area contributed by atoms with E-state index in [2.05, 4.69) is 15.5 Å². The van der Waals surface area contributed by atoms with Gasteiger partial charge in [0.1, 0.15) is 11.5 Å². The predicted octanol–water partition coefficient (Wildman–Crippen LogP) is 5.38. The van der Waals surface area contributed by atoms with Gasteiger partial charge in [0.05, 0.1) is 30.1 Å². The fourth-order valence-corrected chi connectivity index (χ4v) is 4.57. The van der Waals surface area contributed by atoms with Crippen molar-refractivity contribution in [1.82, 2.24) is 19.2 Å². The predicted molar refractivity (Wildman–Crippen MR) is 148 cm³/mol. The van der Waals surface area contributed by atoms with Crippen LogP contribution in [0, 0.1) is 0 Å². The molecule has 6 aromatic rings. The summed E-state index contributed by atoms with van der Waals surface area (Å²) in [7, 11) is 1.60. The van der Waals surface area contributed by atoms with Gasteiger partial charge in [0.25, 0.3) is 5.56 Å². The van der Waals surface area contributed by atoms with Crippen LogP contribution in [0.15, 0.2) is 108 Å². The van der Waals surface area contributed by atoms with E-state index < -0.39 is 6.09 Å². The third-order valence-electron chi connectivity index (χ3n) is 6.32. The number of carbonyl (C=O) groups excluding carboxylic acids is 1. The lowest BCUT2D eigenvalue weighted by atomic mass is 10.1. The lowest BCUT2D eigenvalue weighted by Crippen LogP contribution is -2.24. The molecular weight excluding hydrogens is 494 g/mol. The van der Waals surface area contributed by atoms with E-state index in [9.17, 15) is 9.59 Å². The molecule has 0 spiro atoms. The van der Waals surface area contributed by atoms with Gasteiger partial charge in [-0.3, -0.25) is 19.1 Å². The van der Waals surface area contributed by atoms with E-state index in [1.54, 1.807) is 60.2 Å². The molecule has 2 heterocycles. The summed E-state index contributed by atoms with van der Waals surface area (Å²) < 4.78 is 14.3. The van der Waals surface area contributed by atoms with Crippen LogP contribution in [0.25, 0.3) is 28.1 Å². The van der Waals surface area contributed by atoms with E-state index in [0.717, 1.165) is 11.1 Å². The molecule has 0 aliphatic rings. The summed E-state index contributed by atoms with van der Waals surface area (Å²) >= 11 is 0. The first-order chi connectivity index (χ1) is 19.1. The van der Waals surface area contributed by atoms with Crippen molar-refractivity contribution in [2.75, 3.05) is 12.4 Å². The fourth-order valence-electron chi connectivity index (χ4n) is 4.57. The Morgan fingerprint density at radius 2 is 1.64 bits per heavy atom. The van der Waals surface area contributed by atoms with Crippen LogP contribution in [0.3, 0.4) is 0 Å². The van der Waals surface area contributed by atoms with Crippen LogP contribution in [0.1, 0.15) is 5.56 Å². The van der Waals surface area contributed by atoms with Crippen LogP contribution in [0.5, 0.6) is 11.5 Å². The minimum atomic E-state index is -0.609. The van der Waals surface area contributed by atoms with E-state index in [1.165, 1.54) is 0 Å². The number of nitrogens with one attached hydrogen (secondary N) is 1. The van der Waals surface area contributed by atoms with Crippen molar-refractivity contribution in [2.24, 2.45) is 0 Å². The lowest BCUT2D eigenvalue weighted by Gasteiger charge is -2.13. The molecule has 0 radical (unpaired) electrons. The number of ether oxygens (including phenoxy) is 2. The number of rotatable bonds is 6. The molecule has 0 saturated carbocycles. The molecule has 1 N–H and O–H groups in total. The summed E-state index contributed by atoms with van der Waals surface area (Å²) in [6.45, 7) is 0.209. The van der Waals surface area contributed by atoms with Crippen molar-refractivity contribution in [3.63, 3.8) is 0 Å². The standard InChI is InChI=1S/C30H23N5O4/c1-38-26-17-8-6-15-24(26)27-32-33-29-34(28(36)23-14-5-7-16-25(23)35(27)29)19-20-10-9-11-21(18-20)31-30(37)39-22-12-3-2-4-13-22/h2-18H,19H2,1H3,(H,31,37). The average molecular weight is 518 g/mol. The van der Waals surface area contributed by atoms with Crippen LogP contribution >= 0.6 is 0 Å². The molecule has 0 aliphatic heterocycles. The maximum atomic E-state index is 13.6. The van der Waals surface area contributed by atoms with Gasteiger partial charge in [-0.15, -0.1) is 10.2 Å². The molecule has 0 aliphatic carbocycles. The number of fused-ring (bicyclic) bond motifs is 3. The van der Waals surface area contributed by atoms with Crippen molar-refractivity contribution >= 4 is 28.5 Å². The Balaban J connectivity index is 1.40. The van der Waals surface area contributed by atoms with Gasteiger partial charge in [0.2, 0.25) is 5.78 Å². The van der Waals surface area contributed by atoms with Crippen LogP contribution in [0.2, 0.25) is 0 Å². The normalized spacial score (nSPS) is 11.0. The fraction of sp³-hybridized carbons (Fsp3) is 0.0667. The van der Waals surface area contributed by atoms with Gasteiger partial charge >= 0.3 is 6.09 Å². The summed E-state index contributed by atoms with van der Waals surface area (Å²) in [5.74, 6) is 2.04. The quantitative estimate of drug-likeness (QED) is 0.319. The highest BCUT2D eigenvalue weighted by Crippen LogP contribution is 2.30. The zero-order chi connectivity index (χ0) is 26.8. The van der Waals surface area contributed by atoms with Crippen LogP contribution < -0.4 is 20.3 Å². The number of aromatic nitrogens is 4. The average Bonchev–Trinajstić information content (AvgIpc) is 3.41. The van der Waals surface area contributed by atoms with Crippen LogP contribution in [0.4, 0.5) is 10.5 Å². The van der Waals surface area contributed by atoms with E-state index >= 15 is 0 Å². The van der Waals surface area contributed by atoms with Crippen molar-refractivity contribution < 1.29 is 14.3 Å². The molecule has 1 amide bonds. The Kier molecular flexibility index (Phi) is 6.22. The van der Waals surface area contributed by atoms with Crippen molar-refractivity contribution in [1.29, 1.82) is 0 Å². The largest absolute Gasteiger partial charge is 0.496 e. The molecular formula is C30H23N5O4. The Morgan fingerprint density at radius 3 is 2.49 bits per heavy atom. The first-order valence-corrected chi connectivity index (χ1v) is 12.3. The summed E-state index contributed by atoms with van der Waals surface area (Å²) in [4.78, 5) is 26.0. The topological polar surface area (TPSA) is 99.8 Å². The Morgan fingerprint density at radius 1 is 0.872 bits per heavy atom. The molecule has 39 heavy (non-hydrogen) atoms. The maximum Gasteiger partial charge on any atom is 0.417 e. The van der Waals surface area contributed by atoms with Crippen molar-refractivity contribution in [3.05, 3.63) is 119 Å². The first-order valence-electron chi connectivity index (χ1n) is 12.3. The molecule has 4 aromatic carbocycles. The highest BCUT2D eigenvalue weighted by molar-refractivity contribution is 5.86. The van der Waals surface area contributed by atoms with Gasteiger partial charge in [-0.25, -0.2) is 4.79 Å². The number of nitrogens with zero attached hydrogens (tertiary/aromatic N) is 4. The Bertz CT molecular complexity index is 1880. The summed E-state index contributed by atoms with van der Waals surface area (Å²) in [5, 5.41) is 12.2. The van der Waals surface area contributed by atoms with E-state index in [-0.39, 0.29) is 12.1 Å². The van der Waals surface area contributed by atoms with E-state index in [1.807, 2.05) is 59.0 Å². The Hall–Kier alpha value is -5.44. The van der Waals surface area contributed by atoms with Crippen LogP contribution in [-0.4, -0.2) is 32.4 Å². The molecule has 6 rings (SSSR count). The summed E-state index contributed by atoms with van der Waals surface area (Å²) in [6, 6.07) is 31.0. The van der Waals surface area contributed by atoms with Gasteiger partial charge in [0, 0.05) is 5.69 Å². The number of hydrogen-bond acceptors (Lipinski definition) is 6. The highest BCUT2D eigenvalue weighted by atomic mass is 16.6. The number of carbonyl (C=O) groups is 1. The number of methoxy groups -OCH3 is 1. The molecule has 0 saturated heterocycles. The SMILES string of the molecule is COc1ccccc1-c1nnc2n(Cc3cccc(NC(=O)Oc4ccccc4)c3)c(=O)c3ccccc3n12. The van der Waals surface area contributed by atoms with Gasteiger partial charge in [-0.2, -0.15) is 0 Å². The molecule has 9 nitrogen and oxygen atoms in total. The zero-order valence-electron chi connectivity index (χ0n) is 20.9. The molecule has 2 aromatic heterocycles. The second-order valence-electron chi connectivity index (χ2n) is 8.80. The highest BCUT2D eigenvalue weighted by Gasteiger charge is 2.20. The molecule has 0 atom stereocenters. The molecule has 0 unspecified atom stereocenters. The lowest BCUT2D eigenvalue weighted by molar-refractivity contribution is 0.215. The monoisotopic (exact) mass is 517 g/mol. The van der Waals surface area contributed by atoms with Crippen molar-refractivity contribution in [3.8, 4) is 22.9 Å². The van der Waals surface area contributed by atoms with Crippen LogP contribution in [-0.2, 0) is 6.54 Å². The van der Waals surface area contributed by atoms with Gasteiger partial charge in [0.15, 0.2) is 5.82 Å². The molecule has 9 heteroatoms. The smallest absolute Gasteiger partial charge is 0.417 e. The van der Waals surface area contributed by atoms with Crippen molar-refractivity contribution in [2.45, 2.75) is 6.54 Å².